The van der Waals surface area contributed by atoms with Crippen LogP contribution in [0.1, 0.15) is 35.8 Å². The maximum atomic E-state index is 12.8. The van der Waals surface area contributed by atoms with Gasteiger partial charge in [0.1, 0.15) is 0 Å². The molecule has 1 aromatic rings. The Morgan fingerprint density at radius 3 is 2.63 bits per heavy atom. The Morgan fingerprint density at radius 2 is 1.84 bits per heavy atom. The minimum absolute atomic E-state index is 0.560. The van der Waals surface area contributed by atoms with E-state index in [4.69, 9.17) is 0 Å². The smallest absolute Gasteiger partial charge is 0.234 e. The fraction of sp³-hybridized carbons (Fsp3) is 0.571. The van der Waals surface area contributed by atoms with Crippen LogP contribution in [0.25, 0.3) is 0 Å². The normalized spacial score (nSPS) is 24.9. The van der Waals surface area contributed by atoms with E-state index in [0.29, 0.717) is 13.1 Å². The zero-order chi connectivity index (χ0) is 13.3. The fourth-order valence-electron chi connectivity index (χ4n) is 3.00. The van der Waals surface area contributed by atoms with Gasteiger partial charge >= 0.3 is 0 Å². The maximum absolute atomic E-state index is 12.8. The molecule has 3 rings (SSSR count). The van der Waals surface area contributed by atoms with Crippen molar-refractivity contribution in [3.05, 3.63) is 35.4 Å². The van der Waals surface area contributed by atoms with E-state index in [-0.39, 0.29) is 0 Å². The molecule has 4 nitrogen and oxygen atoms in total. The van der Waals surface area contributed by atoms with E-state index < -0.39 is 15.4 Å². The molecule has 0 radical (unpaired) electrons. The van der Waals surface area contributed by atoms with Gasteiger partial charge in [0.2, 0.25) is 10.0 Å². The van der Waals surface area contributed by atoms with Crippen LogP contribution in [0, 0.1) is 0 Å². The lowest BCUT2D eigenvalue weighted by Gasteiger charge is -2.33. The maximum Gasteiger partial charge on any atom is 0.234 e. The topological polar surface area (TPSA) is 49.4 Å². The summed E-state index contributed by atoms with van der Waals surface area (Å²) in [6, 6.07) is 7.88. The van der Waals surface area contributed by atoms with Gasteiger partial charge in [0.05, 0.1) is 0 Å². The molecule has 5 heteroatoms. The number of benzene rings is 1. The molecule has 0 aliphatic carbocycles. The van der Waals surface area contributed by atoms with E-state index in [1.165, 1.54) is 0 Å². The highest BCUT2D eigenvalue weighted by atomic mass is 32.2. The summed E-state index contributed by atoms with van der Waals surface area (Å²) in [5.74, 6) is 0. The average Bonchev–Trinajstić information content (AvgIpc) is 2.47. The molecule has 1 fully saturated rings. The summed E-state index contributed by atoms with van der Waals surface area (Å²) in [6.45, 7) is 2.07. The number of hydrogen-bond donors (Lipinski definition) is 1. The van der Waals surface area contributed by atoms with Crippen molar-refractivity contribution in [3.8, 4) is 0 Å². The van der Waals surface area contributed by atoms with Gasteiger partial charge in [-0.3, -0.25) is 5.32 Å². The number of piperidine rings is 1. The standard InChI is InChI=1S/C14H20N2O2S/c17-19(18,16-10-4-1-5-11-16)14-13-7-3-2-6-12(13)8-9-15-14/h2-3,6-7,14-15H,1,4-5,8-11H2. The van der Waals surface area contributed by atoms with Gasteiger partial charge in [0, 0.05) is 19.6 Å². The van der Waals surface area contributed by atoms with Crippen LogP contribution in [0.4, 0.5) is 0 Å². The SMILES string of the molecule is O=S(=O)(C1NCCc2ccccc21)N1CCCCC1. The lowest BCUT2D eigenvalue weighted by Crippen LogP contribution is -2.45. The number of sulfonamides is 1. The van der Waals surface area contributed by atoms with Crippen LogP contribution in [0.3, 0.4) is 0 Å². The van der Waals surface area contributed by atoms with E-state index >= 15 is 0 Å². The predicted molar refractivity (Wildman–Crippen MR) is 75.2 cm³/mol. The van der Waals surface area contributed by atoms with Crippen LogP contribution in [-0.2, 0) is 16.4 Å². The van der Waals surface area contributed by atoms with E-state index in [9.17, 15) is 8.42 Å². The largest absolute Gasteiger partial charge is 0.296 e. The van der Waals surface area contributed by atoms with Crippen LogP contribution in [-0.4, -0.2) is 32.4 Å². The first-order chi connectivity index (χ1) is 9.19. The lowest BCUT2D eigenvalue weighted by molar-refractivity contribution is 0.337. The predicted octanol–water partition coefficient (Wildman–Crippen LogP) is 1.65. The van der Waals surface area contributed by atoms with E-state index in [2.05, 4.69) is 5.32 Å². The molecule has 2 heterocycles. The van der Waals surface area contributed by atoms with Crippen molar-refractivity contribution in [1.29, 1.82) is 0 Å². The second-order valence-corrected chi connectivity index (χ2v) is 7.31. The minimum Gasteiger partial charge on any atom is -0.296 e. The molecule has 1 unspecified atom stereocenters. The highest BCUT2D eigenvalue weighted by Crippen LogP contribution is 2.30. The van der Waals surface area contributed by atoms with Gasteiger partial charge < -0.3 is 0 Å². The first-order valence-electron chi connectivity index (χ1n) is 7.00. The Labute approximate surface area is 114 Å². The summed E-state index contributed by atoms with van der Waals surface area (Å²) in [7, 11) is -3.28. The molecule has 0 spiro atoms. The number of fused-ring (bicyclic) bond motifs is 1. The molecule has 0 bridgehead atoms. The average molecular weight is 280 g/mol. The van der Waals surface area contributed by atoms with Crippen molar-refractivity contribution < 1.29 is 8.42 Å². The number of nitrogens with one attached hydrogen (secondary N) is 1. The molecule has 104 valence electrons. The molecule has 0 amide bonds. The van der Waals surface area contributed by atoms with Crippen LogP contribution >= 0.6 is 0 Å². The Hall–Kier alpha value is -0.910. The summed E-state index contributed by atoms with van der Waals surface area (Å²) in [5.41, 5.74) is 2.09. The highest BCUT2D eigenvalue weighted by Gasteiger charge is 2.36. The Bertz CT molecular complexity index is 550. The van der Waals surface area contributed by atoms with Crippen molar-refractivity contribution in [3.63, 3.8) is 0 Å². The molecular formula is C14H20N2O2S. The second-order valence-electron chi connectivity index (χ2n) is 5.29. The first kappa shape index (κ1) is 13.1. The second kappa shape index (κ2) is 5.23. The molecule has 1 saturated heterocycles. The third-order valence-corrected chi connectivity index (χ3v) is 6.14. The van der Waals surface area contributed by atoms with Gasteiger partial charge in [-0.25, -0.2) is 12.7 Å². The van der Waals surface area contributed by atoms with E-state index in [1.54, 1.807) is 4.31 Å². The molecule has 0 aromatic heterocycles. The summed E-state index contributed by atoms with van der Waals surface area (Å²) >= 11 is 0. The Balaban J connectivity index is 1.94. The Kier molecular flexibility index (Phi) is 3.60. The molecule has 2 aliphatic rings. The first-order valence-corrected chi connectivity index (χ1v) is 8.50. The van der Waals surface area contributed by atoms with Crippen molar-refractivity contribution in [1.82, 2.24) is 9.62 Å². The van der Waals surface area contributed by atoms with Crippen LogP contribution in [0.2, 0.25) is 0 Å². The molecule has 1 aromatic carbocycles. The van der Waals surface area contributed by atoms with Crippen molar-refractivity contribution in [2.75, 3.05) is 19.6 Å². The van der Waals surface area contributed by atoms with Crippen molar-refractivity contribution in [2.24, 2.45) is 0 Å². The van der Waals surface area contributed by atoms with Crippen molar-refractivity contribution in [2.45, 2.75) is 31.1 Å². The summed E-state index contributed by atoms with van der Waals surface area (Å²) in [6.07, 6.45) is 4.00. The van der Waals surface area contributed by atoms with Crippen LogP contribution in [0.5, 0.6) is 0 Å². The quantitative estimate of drug-likeness (QED) is 0.896. The third-order valence-electron chi connectivity index (χ3n) is 4.03. The summed E-state index contributed by atoms with van der Waals surface area (Å²) in [5, 5.41) is 2.62. The molecule has 1 atom stereocenters. The van der Waals surface area contributed by atoms with Gasteiger partial charge in [0.15, 0.2) is 5.37 Å². The molecule has 0 saturated carbocycles. The van der Waals surface area contributed by atoms with Crippen LogP contribution in [0.15, 0.2) is 24.3 Å². The van der Waals surface area contributed by atoms with Gasteiger partial charge in [-0.1, -0.05) is 30.7 Å². The molecule has 2 aliphatic heterocycles. The van der Waals surface area contributed by atoms with Crippen LogP contribution < -0.4 is 5.32 Å². The number of nitrogens with zero attached hydrogens (tertiary/aromatic N) is 1. The summed E-state index contributed by atoms with van der Waals surface area (Å²) in [4.78, 5) is 0. The lowest BCUT2D eigenvalue weighted by atomic mass is 10.0. The summed E-state index contributed by atoms with van der Waals surface area (Å²) < 4.78 is 27.2. The molecule has 1 N–H and O–H groups in total. The van der Waals surface area contributed by atoms with Gasteiger partial charge in [-0.15, -0.1) is 0 Å². The van der Waals surface area contributed by atoms with E-state index in [1.807, 2.05) is 24.3 Å². The third kappa shape index (κ3) is 2.42. The molecular weight excluding hydrogens is 260 g/mol. The number of hydrogen-bond acceptors (Lipinski definition) is 3. The monoisotopic (exact) mass is 280 g/mol. The van der Waals surface area contributed by atoms with Gasteiger partial charge in [-0.2, -0.15) is 0 Å². The highest BCUT2D eigenvalue weighted by molar-refractivity contribution is 7.89. The zero-order valence-corrected chi connectivity index (χ0v) is 11.8. The zero-order valence-electron chi connectivity index (χ0n) is 11.0. The number of rotatable bonds is 2. The van der Waals surface area contributed by atoms with Gasteiger partial charge in [0.25, 0.3) is 0 Å². The fourth-order valence-corrected chi connectivity index (χ4v) is 4.94. The Morgan fingerprint density at radius 1 is 1.11 bits per heavy atom. The van der Waals surface area contributed by atoms with E-state index in [0.717, 1.165) is 43.4 Å². The minimum atomic E-state index is -3.28. The van der Waals surface area contributed by atoms with Gasteiger partial charge in [-0.05, 0) is 30.4 Å². The van der Waals surface area contributed by atoms with Crippen molar-refractivity contribution >= 4 is 10.0 Å². The molecule has 19 heavy (non-hydrogen) atoms.